The Hall–Kier alpha value is -2.22. The minimum Gasteiger partial charge on any atom is -0.267 e. The summed E-state index contributed by atoms with van der Waals surface area (Å²) in [5.74, 6) is -1.26. The van der Waals surface area contributed by atoms with Crippen LogP contribution in [0.4, 0.5) is 4.79 Å². The average molecular weight is 419 g/mol. The molecule has 0 spiro atoms. The number of carbonyl (C=O) groups excluding carboxylic acids is 3. The Labute approximate surface area is 170 Å². The number of rotatable bonds is 4. The van der Waals surface area contributed by atoms with Gasteiger partial charge in [0.15, 0.2) is 0 Å². The van der Waals surface area contributed by atoms with Gasteiger partial charge in [0.25, 0.3) is 11.8 Å². The van der Waals surface area contributed by atoms with Crippen LogP contribution in [0.5, 0.6) is 0 Å². The molecule has 0 bridgehead atoms. The van der Waals surface area contributed by atoms with Crippen molar-refractivity contribution in [1.82, 2.24) is 8.61 Å². The first-order valence-corrected chi connectivity index (χ1v) is 10.6. The lowest BCUT2D eigenvalue weighted by Crippen LogP contribution is -2.50. The van der Waals surface area contributed by atoms with Crippen molar-refractivity contribution in [3.05, 3.63) is 76.3 Å². The number of urea groups is 1. The quantitative estimate of drug-likeness (QED) is 0.416. The highest BCUT2D eigenvalue weighted by Gasteiger charge is 2.44. The van der Waals surface area contributed by atoms with Gasteiger partial charge in [0.1, 0.15) is 5.57 Å². The van der Waals surface area contributed by atoms with Gasteiger partial charge in [0.05, 0.1) is 0 Å². The van der Waals surface area contributed by atoms with Gasteiger partial charge in [-0.1, -0.05) is 54.1 Å². The zero-order valence-corrected chi connectivity index (χ0v) is 16.9. The third-order valence-corrected chi connectivity index (χ3v) is 5.58. The Kier molecular flexibility index (Phi) is 5.94. The number of nitrogens with zero attached hydrogens (tertiary/aromatic N) is 2. The van der Waals surface area contributed by atoms with E-state index in [9.17, 15) is 14.4 Å². The van der Waals surface area contributed by atoms with Crippen molar-refractivity contribution in [3.63, 3.8) is 0 Å². The first kappa shape index (κ1) is 19.5. The molecule has 2 aromatic rings. The number of halogens is 1. The van der Waals surface area contributed by atoms with E-state index in [-0.39, 0.29) is 5.57 Å². The second kappa shape index (κ2) is 8.21. The van der Waals surface area contributed by atoms with E-state index in [1.807, 2.05) is 30.3 Å². The van der Waals surface area contributed by atoms with E-state index in [1.165, 1.54) is 0 Å². The van der Waals surface area contributed by atoms with Gasteiger partial charge in [-0.15, -0.1) is 0 Å². The normalized spacial score (nSPS) is 14.8. The Morgan fingerprint density at radius 3 is 1.74 bits per heavy atom. The first-order chi connectivity index (χ1) is 13.0. The van der Waals surface area contributed by atoms with Crippen molar-refractivity contribution < 1.29 is 14.4 Å². The van der Waals surface area contributed by atoms with E-state index < -0.39 is 17.8 Å². The number of hydrogen-bond donors (Lipinski definition) is 0. The van der Waals surface area contributed by atoms with Crippen LogP contribution in [-0.2, 0) is 9.59 Å². The molecule has 5 nitrogen and oxygen atoms in total. The molecule has 138 valence electrons. The molecule has 4 amide bonds. The minimum absolute atomic E-state index is 0.0492. The van der Waals surface area contributed by atoms with Gasteiger partial charge in [0.2, 0.25) is 0 Å². The third kappa shape index (κ3) is 3.63. The molecule has 1 aliphatic rings. The van der Waals surface area contributed by atoms with E-state index in [0.717, 1.165) is 32.5 Å². The molecule has 0 atom stereocenters. The van der Waals surface area contributed by atoms with E-state index in [2.05, 4.69) is 0 Å². The lowest BCUT2D eigenvalue weighted by Gasteiger charge is -2.31. The van der Waals surface area contributed by atoms with Crippen molar-refractivity contribution in [2.75, 3.05) is 12.5 Å². The van der Waals surface area contributed by atoms with Gasteiger partial charge in [-0.3, -0.25) is 9.59 Å². The first-order valence-electron chi connectivity index (χ1n) is 7.86. The van der Waals surface area contributed by atoms with Crippen LogP contribution in [0.3, 0.4) is 0 Å². The van der Waals surface area contributed by atoms with Crippen LogP contribution in [0.2, 0.25) is 5.02 Å². The van der Waals surface area contributed by atoms with Crippen LogP contribution >= 0.6 is 35.5 Å². The maximum absolute atomic E-state index is 13.0. The number of hydrogen-bond acceptors (Lipinski definition) is 5. The number of benzene rings is 2. The van der Waals surface area contributed by atoms with E-state index in [0.29, 0.717) is 21.7 Å². The molecule has 0 aromatic heterocycles. The Balaban J connectivity index is 2.31. The van der Waals surface area contributed by atoms with Crippen molar-refractivity contribution >= 4 is 58.9 Å². The maximum atomic E-state index is 13.0. The van der Waals surface area contributed by atoms with Crippen LogP contribution in [0.25, 0.3) is 5.57 Å². The second-order valence-corrected chi connectivity index (χ2v) is 7.37. The third-order valence-electron chi connectivity index (χ3n) is 3.95. The zero-order chi connectivity index (χ0) is 19.6. The molecule has 1 saturated heterocycles. The number of barbiturate groups is 1. The lowest BCUT2D eigenvalue weighted by atomic mass is 9.91. The van der Waals surface area contributed by atoms with Crippen molar-refractivity contribution in [3.8, 4) is 0 Å². The average Bonchev–Trinajstić information content (AvgIpc) is 2.67. The smallest absolute Gasteiger partial charge is 0.267 e. The molecular weight excluding hydrogens is 404 g/mol. The molecule has 0 saturated carbocycles. The SMILES string of the molecule is CSN1C(=O)C(=C(c2ccccc2)c2ccc(Cl)cc2)C(=O)N(SC)C1=O. The summed E-state index contributed by atoms with van der Waals surface area (Å²) in [6, 6.07) is 15.4. The zero-order valence-electron chi connectivity index (χ0n) is 14.5. The highest BCUT2D eigenvalue weighted by atomic mass is 35.5. The largest absolute Gasteiger partial charge is 0.354 e. The fourth-order valence-corrected chi connectivity index (χ4v) is 3.93. The standard InChI is InChI=1S/C19H15ClN2O3S2/c1-26-21-17(23)16(18(24)22(27-2)19(21)25)15(12-6-4-3-5-7-12)13-8-10-14(20)11-9-13/h3-11H,1-2H3. The molecule has 1 fully saturated rings. The fourth-order valence-electron chi connectivity index (χ4n) is 2.76. The molecule has 1 aliphatic heterocycles. The number of imide groups is 2. The van der Waals surface area contributed by atoms with Crippen LogP contribution in [0, 0.1) is 0 Å². The van der Waals surface area contributed by atoms with Gasteiger partial charge < -0.3 is 0 Å². The highest BCUT2D eigenvalue weighted by Crippen LogP contribution is 2.35. The maximum Gasteiger partial charge on any atom is 0.354 e. The Morgan fingerprint density at radius 2 is 1.26 bits per heavy atom. The topological polar surface area (TPSA) is 57.7 Å². The Bertz CT molecular complexity index is 902. The van der Waals surface area contributed by atoms with Crippen LogP contribution in [0.1, 0.15) is 11.1 Å². The van der Waals surface area contributed by atoms with Gasteiger partial charge in [-0.2, -0.15) is 8.61 Å². The second-order valence-electron chi connectivity index (χ2n) is 5.47. The van der Waals surface area contributed by atoms with E-state index >= 15 is 0 Å². The minimum atomic E-state index is -0.655. The molecule has 0 N–H and O–H groups in total. The molecule has 2 aromatic carbocycles. The molecule has 8 heteroatoms. The van der Waals surface area contributed by atoms with Crippen molar-refractivity contribution in [2.45, 2.75) is 0 Å². The van der Waals surface area contributed by atoms with Crippen LogP contribution in [0.15, 0.2) is 60.2 Å². The summed E-state index contributed by atoms with van der Waals surface area (Å²) in [7, 11) is 0. The number of carbonyl (C=O) groups is 3. The summed E-state index contributed by atoms with van der Waals surface area (Å²) >= 11 is 7.94. The number of amides is 4. The molecule has 0 aliphatic carbocycles. The summed E-state index contributed by atoms with van der Waals surface area (Å²) in [5.41, 5.74) is 1.78. The molecule has 1 heterocycles. The molecule has 0 radical (unpaired) electrons. The van der Waals surface area contributed by atoms with Crippen LogP contribution < -0.4 is 0 Å². The molecular formula is C19H15ClN2O3S2. The molecule has 0 unspecified atom stereocenters. The van der Waals surface area contributed by atoms with Crippen LogP contribution in [-0.4, -0.2) is 39.0 Å². The fraction of sp³-hybridized carbons (Fsp3) is 0.105. The summed E-state index contributed by atoms with van der Waals surface area (Å²) in [6.07, 6.45) is 3.23. The Morgan fingerprint density at radius 1 is 0.778 bits per heavy atom. The highest BCUT2D eigenvalue weighted by molar-refractivity contribution is 7.98. The predicted molar refractivity (Wildman–Crippen MR) is 110 cm³/mol. The van der Waals surface area contributed by atoms with E-state index in [4.69, 9.17) is 11.6 Å². The van der Waals surface area contributed by atoms with E-state index in [1.54, 1.807) is 36.8 Å². The predicted octanol–water partition coefficient (Wildman–Crippen LogP) is 4.49. The molecule has 27 heavy (non-hydrogen) atoms. The van der Waals surface area contributed by atoms with Gasteiger partial charge in [-0.25, -0.2) is 4.79 Å². The molecule has 3 rings (SSSR count). The summed E-state index contributed by atoms with van der Waals surface area (Å²) in [5, 5.41) is 0.545. The van der Waals surface area contributed by atoms with Gasteiger partial charge >= 0.3 is 6.03 Å². The summed E-state index contributed by atoms with van der Waals surface area (Å²) in [6.45, 7) is 0. The lowest BCUT2D eigenvalue weighted by molar-refractivity contribution is -0.129. The van der Waals surface area contributed by atoms with Gasteiger partial charge in [0, 0.05) is 23.1 Å². The van der Waals surface area contributed by atoms with Gasteiger partial charge in [-0.05, 0) is 47.2 Å². The van der Waals surface area contributed by atoms with Crippen molar-refractivity contribution in [1.29, 1.82) is 0 Å². The summed E-state index contributed by atoms with van der Waals surface area (Å²) in [4.78, 5) is 38.5. The monoisotopic (exact) mass is 418 g/mol. The van der Waals surface area contributed by atoms with Crippen molar-refractivity contribution in [2.24, 2.45) is 0 Å². The summed E-state index contributed by atoms with van der Waals surface area (Å²) < 4.78 is 1.98.